The van der Waals surface area contributed by atoms with Gasteiger partial charge < -0.3 is 10.5 Å². The lowest BCUT2D eigenvalue weighted by Crippen LogP contribution is -1.96. The zero-order valence-corrected chi connectivity index (χ0v) is 10.9. The summed E-state index contributed by atoms with van der Waals surface area (Å²) in [4.78, 5) is 0. The molecule has 2 aromatic rings. The van der Waals surface area contributed by atoms with E-state index in [9.17, 15) is 4.39 Å². The van der Waals surface area contributed by atoms with E-state index in [2.05, 4.69) is 0 Å². The van der Waals surface area contributed by atoms with Crippen LogP contribution in [0.3, 0.4) is 0 Å². The molecule has 0 amide bonds. The minimum absolute atomic E-state index is 0.262. The monoisotopic (exact) mass is 265 g/mol. The van der Waals surface area contributed by atoms with Crippen LogP contribution in [0.4, 0.5) is 10.1 Å². The number of nitrogen functional groups attached to an aromatic ring is 1. The smallest absolute Gasteiger partial charge is 0.150 e. The van der Waals surface area contributed by atoms with Gasteiger partial charge in [0.15, 0.2) is 5.75 Å². The molecular weight excluding hydrogens is 253 g/mol. The molecule has 0 fully saturated rings. The maximum atomic E-state index is 13.3. The number of benzene rings is 2. The third-order valence-electron chi connectivity index (χ3n) is 2.66. The molecule has 94 valence electrons. The normalized spacial score (nSPS) is 10.4. The average molecular weight is 266 g/mol. The summed E-state index contributed by atoms with van der Waals surface area (Å²) in [6.45, 7) is 3.56. The highest BCUT2D eigenvalue weighted by Gasteiger charge is 2.09. The highest BCUT2D eigenvalue weighted by molar-refractivity contribution is 6.30. The predicted molar refractivity (Wildman–Crippen MR) is 71.8 cm³/mol. The van der Waals surface area contributed by atoms with Gasteiger partial charge in [-0.05, 0) is 43.2 Å². The number of aryl methyl sites for hydroxylation is 2. The van der Waals surface area contributed by atoms with Crippen molar-refractivity contribution in [2.24, 2.45) is 0 Å². The lowest BCUT2D eigenvalue weighted by Gasteiger charge is -2.12. The first kappa shape index (κ1) is 12.7. The van der Waals surface area contributed by atoms with Crippen molar-refractivity contribution in [3.05, 3.63) is 52.3 Å². The van der Waals surface area contributed by atoms with Gasteiger partial charge in [0.25, 0.3) is 0 Å². The van der Waals surface area contributed by atoms with Crippen molar-refractivity contribution in [1.29, 1.82) is 0 Å². The molecule has 0 aliphatic carbocycles. The summed E-state index contributed by atoms with van der Waals surface area (Å²) in [5.74, 6) is 0.696. The molecule has 0 unspecified atom stereocenters. The van der Waals surface area contributed by atoms with Gasteiger partial charge in [0, 0.05) is 11.1 Å². The Bertz CT molecular complexity index is 599. The van der Waals surface area contributed by atoms with Crippen molar-refractivity contribution in [2.75, 3.05) is 5.73 Å². The molecule has 0 aliphatic rings. The van der Waals surface area contributed by atoms with E-state index in [0.717, 1.165) is 5.56 Å². The van der Waals surface area contributed by atoms with Gasteiger partial charge in [-0.15, -0.1) is 0 Å². The summed E-state index contributed by atoms with van der Waals surface area (Å²) < 4.78 is 19.0. The number of rotatable bonds is 2. The second-order valence-electron chi connectivity index (χ2n) is 4.15. The Labute approximate surface area is 110 Å². The third kappa shape index (κ3) is 2.57. The first-order chi connectivity index (χ1) is 8.47. The van der Waals surface area contributed by atoms with Crippen LogP contribution >= 0.6 is 11.6 Å². The summed E-state index contributed by atoms with van der Waals surface area (Å²) in [7, 11) is 0. The lowest BCUT2D eigenvalue weighted by molar-refractivity contribution is 0.478. The van der Waals surface area contributed by atoms with Crippen molar-refractivity contribution in [2.45, 2.75) is 13.8 Å². The summed E-state index contributed by atoms with van der Waals surface area (Å²) in [5.41, 5.74) is 7.41. The molecule has 0 radical (unpaired) electrons. The maximum Gasteiger partial charge on any atom is 0.150 e. The molecule has 4 heteroatoms. The minimum atomic E-state index is -0.345. The molecule has 0 saturated heterocycles. The van der Waals surface area contributed by atoms with Gasteiger partial charge in [0.05, 0.1) is 5.69 Å². The van der Waals surface area contributed by atoms with Crippen molar-refractivity contribution >= 4 is 17.3 Å². The first-order valence-corrected chi connectivity index (χ1v) is 5.85. The van der Waals surface area contributed by atoms with Crippen molar-refractivity contribution < 1.29 is 9.13 Å². The van der Waals surface area contributed by atoms with Crippen molar-refractivity contribution in [1.82, 2.24) is 0 Å². The van der Waals surface area contributed by atoms with Gasteiger partial charge in [-0.1, -0.05) is 17.7 Å². The molecule has 0 saturated carbocycles. The Balaban J connectivity index is 2.40. The fraction of sp³-hybridized carbons (Fsp3) is 0.143. The Morgan fingerprint density at radius 2 is 1.78 bits per heavy atom. The van der Waals surface area contributed by atoms with Gasteiger partial charge in [0.1, 0.15) is 11.6 Å². The molecule has 2 nitrogen and oxygen atoms in total. The standard InChI is InChI=1S/C14H13ClFNO/c1-8-3-4-10(15)6-13(8)18-14-5-9(2)11(16)7-12(14)17/h3-7H,17H2,1-2H3. The van der Waals surface area contributed by atoms with Crippen LogP contribution in [0.1, 0.15) is 11.1 Å². The third-order valence-corrected chi connectivity index (χ3v) is 2.90. The van der Waals surface area contributed by atoms with Gasteiger partial charge >= 0.3 is 0 Å². The highest BCUT2D eigenvalue weighted by atomic mass is 35.5. The van der Waals surface area contributed by atoms with E-state index >= 15 is 0 Å². The van der Waals surface area contributed by atoms with Crippen LogP contribution in [-0.2, 0) is 0 Å². The van der Waals surface area contributed by atoms with Gasteiger partial charge in [-0.2, -0.15) is 0 Å². The molecule has 2 N–H and O–H groups in total. The molecule has 0 spiro atoms. The second-order valence-corrected chi connectivity index (χ2v) is 4.59. The van der Waals surface area contributed by atoms with E-state index in [0.29, 0.717) is 22.1 Å². The number of anilines is 1. The van der Waals surface area contributed by atoms with Crippen LogP contribution in [-0.4, -0.2) is 0 Å². The lowest BCUT2D eigenvalue weighted by atomic mass is 10.2. The number of ether oxygens (including phenoxy) is 1. The van der Waals surface area contributed by atoms with Gasteiger partial charge in [0.2, 0.25) is 0 Å². The van der Waals surface area contributed by atoms with Crippen LogP contribution < -0.4 is 10.5 Å². The topological polar surface area (TPSA) is 35.2 Å². The quantitative estimate of drug-likeness (QED) is 0.813. The van der Waals surface area contributed by atoms with E-state index < -0.39 is 0 Å². The van der Waals surface area contributed by atoms with Crippen LogP contribution in [0, 0.1) is 19.7 Å². The van der Waals surface area contributed by atoms with Crippen LogP contribution in [0.25, 0.3) is 0 Å². The molecule has 0 aliphatic heterocycles. The van der Waals surface area contributed by atoms with E-state index in [1.165, 1.54) is 6.07 Å². The zero-order valence-electron chi connectivity index (χ0n) is 10.1. The number of halogens is 2. The molecule has 18 heavy (non-hydrogen) atoms. The number of hydrogen-bond acceptors (Lipinski definition) is 2. The van der Waals surface area contributed by atoms with Gasteiger partial charge in [-0.25, -0.2) is 4.39 Å². The molecule has 0 bridgehead atoms. The molecule has 0 heterocycles. The molecular formula is C14H13ClFNO. The summed E-state index contributed by atoms with van der Waals surface area (Å²) in [5, 5.41) is 0.577. The second kappa shape index (κ2) is 4.86. The van der Waals surface area contributed by atoms with Gasteiger partial charge in [-0.3, -0.25) is 0 Å². The molecule has 0 aromatic heterocycles. The molecule has 2 rings (SSSR count). The predicted octanol–water partition coefficient (Wildman–Crippen LogP) is 4.47. The Kier molecular flexibility index (Phi) is 3.43. The first-order valence-electron chi connectivity index (χ1n) is 5.47. The Hall–Kier alpha value is -1.74. The van der Waals surface area contributed by atoms with E-state index in [4.69, 9.17) is 22.1 Å². The fourth-order valence-electron chi connectivity index (χ4n) is 1.56. The van der Waals surface area contributed by atoms with E-state index in [1.807, 2.05) is 13.0 Å². The van der Waals surface area contributed by atoms with Crippen LogP contribution in [0.2, 0.25) is 5.02 Å². The van der Waals surface area contributed by atoms with Crippen molar-refractivity contribution in [3.63, 3.8) is 0 Å². The number of nitrogens with two attached hydrogens (primary N) is 1. The highest BCUT2D eigenvalue weighted by Crippen LogP contribution is 2.32. The Morgan fingerprint density at radius 3 is 2.50 bits per heavy atom. The average Bonchev–Trinajstić information content (AvgIpc) is 2.30. The van der Waals surface area contributed by atoms with E-state index in [1.54, 1.807) is 25.1 Å². The van der Waals surface area contributed by atoms with Crippen molar-refractivity contribution in [3.8, 4) is 11.5 Å². The SMILES string of the molecule is Cc1cc(Oc2cc(Cl)ccc2C)c(N)cc1F. The summed E-state index contributed by atoms with van der Waals surface area (Å²) in [6, 6.07) is 8.16. The zero-order chi connectivity index (χ0) is 13.3. The van der Waals surface area contributed by atoms with Crippen LogP contribution in [0.15, 0.2) is 30.3 Å². The number of hydrogen-bond donors (Lipinski definition) is 1. The molecule has 2 aromatic carbocycles. The fourth-order valence-corrected chi connectivity index (χ4v) is 1.72. The van der Waals surface area contributed by atoms with Crippen LogP contribution in [0.5, 0.6) is 11.5 Å². The summed E-state index contributed by atoms with van der Waals surface area (Å²) in [6.07, 6.45) is 0. The molecule has 0 atom stereocenters. The summed E-state index contributed by atoms with van der Waals surface area (Å²) >= 11 is 5.91. The minimum Gasteiger partial charge on any atom is -0.455 e. The maximum absolute atomic E-state index is 13.3. The Morgan fingerprint density at radius 1 is 1.06 bits per heavy atom. The largest absolute Gasteiger partial charge is 0.455 e. The van der Waals surface area contributed by atoms with E-state index in [-0.39, 0.29) is 11.5 Å².